The molecule has 1 atom stereocenters. The summed E-state index contributed by atoms with van der Waals surface area (Å²) in [5.74, 6) is 1.71. The lowest BCUT2D eigenvalue weighted by molar-refractivity contribution is 0.414. The highest BCUT2D eigenvalue weighted by Crippen LogP contribution is 2.40. The van der Waals surface area contributed by atoms with Crippen molar-refractivity contribution >= 4 is 5.69 Å². The molecule has 0 spiro atoms. The van der Waals surface area contributed by atoms with E-state index in [0.717, 1.165) is 44.5 Å². The average molecular weight is 473 g/mol. The van der Waals surface area contributed by atoms with E-state index in [1.54, 1.807) is 7.11 Å². The lowest BCUT2D eigenvalue weighted by Crippen LogP contribution is -2.38. The Hall–Kier alpha value is -2.98. The minimum absolute atomic E-state index is 0.0871. The summed E-state index contributed by atoms with van der Waals surface area (Å²) in [4.78, 5) is 2.47. The van der Waals surface area contributed by atoms with Gasteiger partial charge in [-0.15, -0.1) is 0 Å². The molecular formula is C31H40N2O2. The summed E-state index contributed by atoms with van der Waals surface area (Å²) in [6.07, 6.45) is 4.09. The van der Waals surface area contributed by atoms with E-state index >= 15 is 0 Å². The highest BCUT2D eigenvalue weighted by atomic mass is 16.5. The first kappa shape index (κ1) is 25.1. The van der Waals surface area contributed by atoms with E-state index in [1.165, 1.54) is 33.5 Å². The van der Waals surface area contributed by atoms with Gasteiger partial charge in [-0.05, 0) is 105 Å². The van der Waals surface area contributed by atoms with Gasteiger partial charge in [-0.25, -0.2) is 0 Å². The first-order chi connectivity index (χ1) is 16.8. The van der Waals surface area contributed by atoms with Gasteiger partial charge in [0.05, 0.1) is 7.11 Å². The van der Waals surface area contributed by atoms with Gasteiger partial charge in [0.15, 0.2) is 0 Å². The molecule has 0 fully saturated rings. The first-order valence-corrected chi connectivity index (χ1v) is 12.8. The van der Waals surface area contributed by atoms with Crippen LogP contribution in [0.3, 0.4) is 0 Å². The summed E-state index contributed by atoms with van der Waals surface area (Å²) >= 11 is 0. The van der Waals surface area contributed by atoms with Crippen molar-refractivity contribution in [1.82, 2.24) is 5.32 Å². The van der Waals surface area contributed by atoms with Crippen LogP contribution in [0.25, 0.3) is 0 Å². The number of phenolic OH excluding ortho intramolecular Hbond substituents is 1. The van der Waals surface area contributed by atoms with Crippen molar-refractivity contribution in [2.45, 2.75) is 64.5 Å². The first-order valence-electron chi connectivity index (χ1n) is 12.8. The molecule has 2 N–H and O–H groups in total. The van der Waals surface area contributed by atoms with Crippen LogP contribution >= 0.6 is 0 Å². The van der Waals surface area contributed by atoms with Crippen LogP contribution in [0.15, 0.2) is 60.7 Å². The molecule has 0 heterocycles. The van der Waals surface area contributed by atoms with Gasteiger partial charge in [0, 0.05) is 30.4 Å². The van der Waals surface area contributed by atoms with E-state index in [4.69, 9.17) is 4.74 Å². The number of rotatable bonds is 9. The molecule has 0 aliphatic heterocycles. The summed E-state index contributed by atoms with van der Waals surface area (Å²) in [6.45, 7) is 8.48. The number of phenols is 1. The van der Waals surface area contributed by atoms with Crippen LogP contribution in [0.4, 0.5) is 5.69 Å². The Labute approximate surface area is 211 Å². The average Bonchev–Trinajstić information content (AvgIpc) is 2.87. The third kappa shape index (κ3) is 5.99. The zero-order valence-electron chi connectivity index (χ0n) is 21.9. The highest BCUT2D eigenvalue weighted by Gasteiger charge is 2.25. The monoisotopic (exact) mass is 472 g/mol. The fraction of sp³-hybridized carbons (Fsp3) is 0.419. The van der Waals surface area contributed by atoms with E-state index in [0.29, 0.717) is 11.7 Å². The maximum Gasteiger partial charge on any atom is 0.120 e. The maximum atomic E-state index is 9.88. The molecule has 0 saturated heterocycles. The Bertz CT molecular complexity index is 1140. The summed E-state index contributed by atoms with van der Waals surface area (Å²) in [5.41, 5.74) is 8.04. The third-order valence-electron chi connectivity index (χ3n) is 7.54. The molecular weight excluding hydrogens is 432 g/mol. The van der Waals surface area contributed by atoms with E-state index in [9.17, 15) is 5.11 Å². The Morgan fingerprint density at radius 1 is 1.00 bits per heavy atom. The zero-order chi connectivity index (χ0) is 25.0. The van der Waals surface area contributed by atoms with Gasteiger partial charge in [0.25, 0.3) is 0 Å². The number of nitrogens with one attached hydrogen (secondary N) is 1. The third-order valence-corrected chi connectivity index (χ3v) is 7.54. The second-order valence-electron chi connectivity index (χ2n) is 10.5. The Balaban J connectivity index is 1.58. The Morgan fingerprint density at radius 2 is 1.74 bits per heavy atom. The number of nitrogens with zero attached hydrogens (tertiary/aromatic N) is 1. The van der Waals surface area contributed by atoms with Crippen molar-refractivity contribution in [3.05, 3.63) is 88.5 Å². The predicted octanol–water partition coefficient (Wildman–Crippen LogP) is 6.24. The maximum absolute atomic E-state index is 9.88. The molecule has 4 rings (SSSR count). The molecule has 35 heavy (non-hydrogen) atoms. The number of aryl methyl sites for hydroxylation is 1. The minimum Gasteiger partial charge on any atom is -0.508 e. The van der Waals surface area contributed by atoms with Crippen molar-refractivity contribution in [3.8, 4) is 11.5 Å². The van der Waals surface area contributed by atoms with Crippen LogP contribution < -0.4 is 15.0 Å². The molecule has 0 unspecified atom stereocenters. The summed E-state index contributed by atoms with van der Waals surface area (Å²) in [6, 6.07) is 21.5. The van der Waals surface area contributed by atoms with Crippen LogP contribution in [0, 0.1) is 0 Å². The molecule has 1 aliphatic rings. The van der Waals surface area contributed by atoms with Crippen molar-refractivity contribution in [1.29, 1.82) is 0 Å². The Morgan fingerprint density at radius 3 is 2.43 bits per heavy atom. The molecule has 4 nitrogen and oxygen atoms in total. The molecule has 3 aromatic carbocycles. The highest BCUT2D eigenvalue weighted by molar-refractivity contribution is 5.60. The second-order valence-corrected chi connectivity index (χ2v) is 10.5. The van der Waals surface area contributed by atoms with Crippen molar-refractivity contribution < 1.29 is 9.84 Å². The number of benzene rings is 3. The number of fused-ring (bicyclic) bond motifs is 1. The topological polar surface area (TPSA) is 44.7 Å². The van der Waals surface area contributed by atoms with Gasteiger partial charge < -0.3 is 20.1 Å². The van der Waals surface area contributed by atoms with Crippen molar-refractivity contribution in [3.63, 3.8) is 0 Å². The summed E-state index contributed by atoms with van der Waals surface area (Å²) in [5, 5.41) is 13.3. The van der Waals surface area contributed by atoms with Gasteiger partial charge in [-0.1, -0.05) is 36.4 Å². The van der Waals surface area contributed by atoms with Gasteiger partial charge in [0.2, 0.25) is 0 Å². The fourth-order valence-corrected chi connectivity index (χ4v) is 5.23. The van der Waals surface area contributed by atoms with Crippen LogP contribution in [-0.4, -0.2) is 31.3 Å². The lowest BCUT2D eigenvalue weighted by Gasteiger charge is -2.32. The Kier molecular flexibility index (Phi) is 7.71. The number of ether oxygens (including phenoxy) is 1. The minimum atomic E-state index is 0.0871. The normalized spacial score (nSPS) is 15.5. The molecule has 0 bridgehead atoms. The van der Waals surface area contributed by atoms with E-state index in [2.05, 4.69) is 79.5 Å². The number of likely N-dealkylation sites (N-methyl/N-ethyl adjacent to an activating group) is 1. The molecule has 1 aliphatic carbocycles. The molecule has 0 radical (unpaired) electrons. The van der Waals surface area contributed by atoms with Crippen molar-refractivity contribution in [2.24, 2.45) is 0 Å². The van der Waals surface area contributed by atoms with E-state index < -0.39 is 0 Å². The van der Waals surface area contributed by atoms with Crippen LogP contribution in [0.2, 0.25) is 0 Å². The number of anilines is 1. The van der Waals surface area contributed by atoms with Crippen LogP contribution in [0.5, 0.6) is 11.5 Å². The van der Waals surface area contributed by atoms with Crippen LogP contribution in [0.1, 0.15) is 60.9 Å². The fourth-order valence-electron chi connectivity index (χ4n) is 5.23. The largest absolute Gasteiger partial charge is 0.508 e. The standard InChI is InChI=1S/C31H40N2O2/c1-6-33(21-23-9-7-22(8-10-23)20-31(2,3)32-4)30-19-28(35-5)15-16-29(30)26-12-11-25-18-27(34)14-13-24(25)17-26/h7-10,13-16,18-19,26,32,34H,6,11-12,17,20-21H2,1-5H3/t26-/m1/s1. The van der Waals surface area contributed by atoms with E-state index in [-0.39, 0.29) is 5.54 Å². The molecule has 3 aromatic rings. The number of methoxy groups -OCH3 is 1. The molecule has 4 heteroatoms. The SMILES string of the molecule is CCN(Cc1ccc(CC(C)(C)NC)cc1)c1cc(OC)ccc1[C@@H]1CCc2cc(O)ccc2C1. The van der Waals surface area contributed by atoms with Crippen LogP contribution in [-0.2, 0) is 25.8 Å². The predicted molar refractivity (Wildman–Crippen MR) is 146 cm³/mol. The number of aromatic hydroxyl groups is 1. The lowest BCUT2D eigenvalue weighted by atomic mass is 9.79. The number of hydrogen-bond acceptors (Lipinski definition) is 4. The van der Waals surface area contributed by atoms with E-state index in [1.807, 2.05) is 19.2 Å². The molecule has 0 saturated carbocycles. The van der Waals surface area contributed by atoms with Gasteiger partial charge in [0.1, 0.15) is 11.5 Å². The summed E-state index contributed by atoms with van der Waals surface area (Å²) in [7, 11) is 3.76. The van der Waals surface area contributed by atoms with Gasteiger partial charge in [-0.2, -0.15) is 0 Å². The van der Waals surface area contributed by atoms with Gasteiger partial charge >= 0.3 is 0 Å². The molecule has 0 amide bonds. The number of hydrogen-bond donors (Lipinski definition) is 2. The smallest absolute Gasteiger partial charge is 0.120 e. The second kappa shape index (κ2) is 10.7. The summed E-state index contributed by atoms with van der Waals surface area (Å²) < 4.78 is 5.62. The van der Waals surface area contributed by atoms with Crippen molar-refractivity contribution in [2.75, 3.05) is 25.6 Å². The molecule has 186 valence electrons. The zero-order valence-corrected chi connectivity index (χ0v) is 21.9. The molecule has 0 aromatic heterocycles. The van der Waals surface area contributed by atoms with Gasteiger partial charge in [-0.3, -0.25) is 0 Å². The quantitative estimate of drug-likeness (QED) is 0.387.